The summed E-state index contributed by atoms with van der Waals surface area (Å²) in [6.45, 7) is 9.44. The van der Waals surface area contributed by atoms with Gasteiger partial charge >= 0.3 is 5.97 Å². The number of nitrogens with one attached hydrogen (secondary N) is 1. The lowest BCUT2D eigenvalue weighted by atomic mass is 10.0. The summed E-state index contributed by atoms with van der Waals surface area (Å²) in [6, 6.07) is 4.53. The SMILES string of the molecule is CCCc1c(C(O)C(=O)OCC)c(C)c2c(=O)[nH]c(-c3cc(S(=O)(=O)N4CCN(C)CC4)ccc3OCC)nn12. The summed E-state index contributed by atoms with van der Waals surface area (Å²) in [5, 5.41) is 15.5. The number of benzene rings is 1. The first-order chi connectivity index (χ1) is 19.0. The summed E-state index contributed by atoms with van der Waals surface area (Å²) in [5.41, 5.74) is 1.19. The lowest BCUT2D eigenvalue weighted by Crippen LogP contribution is -2.47. The van der Waals surface area contributed by atoms with Crippen LogP contribution in [0.5, 0.6) is 5.75 Å². The van der Waals surface area contributed by atoms with Crippen LogP contribution in [-0.2, 0) is 26.0 Å². The molecule has 2 N–H and O–H groups in total. The molecule has 1 saturated heterocycles. The number of rotatable bonds is 10. The maximum atomic E-state index is 13.5. The number of aromatic amines is 1. The van der Waals surface area contributed by atoms with Crippen molar-refractivity contribution < 1.29 is 27.8 Å². The van der Waals surface area contributed by atoms with Crippen LogP contribution in [0.1, 0.15) is 50.1 Å². The minimum absolute atomic E-state index is 0.0640. The summed E-state index contributed by atoms with van der Waals surface area (Å²) >= 11 is 0. The Morgan fingerprint density at radius 1 is 1.15 bits per heavy atom. The van der Waals surface area contributed by atoms with Gasteiger partial charge in [0.25, 0.3) is 5.56 Å². The molecule has 0 spiro atoms. The van der Waals surface area contributed by atoms with Gasteiger partial charge in [0.1, 0.15) is 11.3 Å². The second-order valence-electron chi connectivity index (χ2n) is 9.75. The molecule has 3 aromatic rings. The normalized spacial score (nSPS) is 15.8. The van der Waals surface area contributed by atoms with E-state index >= 15 is 0 Å². The van der Waals surface area contributed by atoms with E-state index in [9.17, 15) is 23.1 Å². The molecule has 13 heteroatoms. The molecule has 0 aliphatic carbocycles. The van der Waals surface area contributed by atoms with E-state index < -0.39 is 27.7 Å². The van der Waals surface area contributed by atoms with Crippen molar-refractivity contribution >= 4 is 21.5 Å². The Morgan fingerprint density at radius 3 is 2.48 bits per heavy atom. The molecule has 218 valence electrons. The number of aliphatic hydroxyl groups is 1. The number of carbonyl (C=O) groups excluding carboxylic acids is 1. The zero-order valence-electron chi connectivity index (χ0n) is 23.6. The van der Waals surface area contributed by atoms with Gasteiger partial charge in [-0.2, -0.15) is 4.31 Å². The fourth-order valence-electron chi connectivity index (χ4n) is 5.03. The summed E-state index contributed by atoms with van der Waals surface area (Å²) in [6.07, 6.45) is -0.504. The van der Waals surface area contributed by atoms with E-state index in [1.165, 1.54) is 21.0 Å². The Hall–Kier alpha value is -3.26. The number of piperazine rings is 1. The second-order valence-corrected chi connectivity index (χ2v) is 11.7. The zero-order valence-corrected chi connectivity index (χ0v) is 24.4. The van der Waals surface area contributed by atoms with Crippen molar-refractivity contribution in [3.8, 4) is 17.1 Å². The van der Waals surface area contributed by atoms with E-state index in [0.717, 1.165) is 0 Å². The molecule has 12 nitrogen and oxygen atoms in total. The third-order valence-electron chi connectivity index (χ3n) is 7.06. The molecule has 0 bridgehead atoms. The standard InChI is InChI=1S/C27H37N5O7S/c1-6-9-20-22(24(33)27(35)39-8-3)17(4)23-26(34)28-25(29-32(20)23)19-16-18(10-11-21(19)38-7-2)40(36,37)31-14-12-30(5)13-15-31/h10-11,16,24,33H,6-9,12-15H2,1-5H3,(H,28,29,34). The van der Waals surface area contributed by atoms with Crippen LogP contribution >= 0.6 is 0 Å². The predicted octanol–water partition coefficient (Wildman–Crippen LogP) is 1.88. The quantitative estimate of drug-likeness (QED) is 0.346. The number of fused-ring (bicyclic) bond motifs is 1. The second kappa shape index (κ2) is 12.1. The van der Waals surface area contributed by atoms with Crippen molar-refractivity contribution in [3.63, 3.8) is 0 Å². The monoisotopic (exact) mass is 575 g/mol. The van der Waals surface area contributed by atoms with Crippen molar-refractivity contribution in [1.82, 2.24) is 23.8 Å². The molecule has 1 aromatic carbocycles. The van der Waals surface area contributed by atoms with E-state index in [1.54, 1.807) is 26.8 Å². The fourth-order valence-corrected chi connectivity index (χ4v) is 6.48. The first kappa shape index (κ1) is 29.7. The van der Waals surface area contributed by atoms with E-state index in [2.05, 4.69) is 15.0 Å². The van der Waals surface area contributed by atoms with Gasteiger partial charge in [-0.25, -0.2) is 17.7 Å². The lowest BCUT2D eigenvalue weighted by Gasteiger charge is -2.31. The molecule has 0 saturated carbocycles. The molecule has 1 unspecified atom stereocenters. The summed E-state index contributed by atoms with van der Waals surface area (Å²) < 4.78 is 40.7. The van der Waals surface area contributed by atoms with Crippen molar-refractivity contribution in [1.29, 1.82) is 0 Å². The van der Waals surface area contributed by atoms with Gasteiger partial charge in [0.05, 0.1) is 23.7 Å². The van der Waals surface area contributed by atoms with Crippen molar-refractivity contribution in [2.24, 2.45) is 0 Å². The number of H-pyrrole nitrogens is 1. The molecule has 1 fully saturated rings. The molecule has 40 heavy (non-hydrogen) atoms. The fraction of sp³-hybridized carbons (Fsp3) is 0.519. The number of esters is 1. The van der Waals surface area contributed by atoms with Crippen LogP contribution in [0.15, 0.2) is 27.9 Å². The van der Waals surface area contributed by atoms with Crippen LogP contribution in [0, 0.1) is 6.92 Å². The lowest BCUT2D eigenvalue weighted by molar-refractivity contribution is -0.153. The van der Waals surface area contributed by atoms with Crippen LogP contribution in [-0.4, -0.2) is 89.7 Å². The van der Waals surface area contributed by atoms with Crippen molar-refractivity contribution in [2.75, 3.05) is 46.4 Å². The van der Waals surface area contributed by atoms with Gasteiger partial charge in [-0.15, -0.1) is 5.10 Å². The number of ether oxygens (including phenoxy) is 2. The van der Waals surface area contributed by atoms with E-state index in [4.69, 9.17) is 9.47 Å². The Kier molecular flexibility index (Phi) is 8.98. The topological polar surface area (TPSA) is 147 Å². The third-order valence-corrected chi connectivity index (χ3v) is 8.96. The third kappa shape index (κ3) is 5.51. The maximum absolute atomic E-state index is 13.5. The Bertz CT molecular complexity index is 1560. The number of likely N-dealkylation sites (N-methyl/N-ethyl adjacent to an activating group) is 1. The molecule has 4 rings (SSSR count). The first-order valence-electron chi connectivity index (χ1n) is 13.5. The van der Waals surface area contributed by atoms with Gasteiger partial charge in [0.15, 0.2) is 11.9 Å². The smallest absolute Gasteiger partial charge is 0.339 e. The van der Waals surface area contributed by atoms with Crippen molar-refractivity contribution in [2.45, 2.75) is 51.5 Å². The minimum Gasteiger partial charge on any atom is -0.493 e. The van der Waals surface area contributed by atoms with Crippen LogP contribution in [0.4, 0.5) is 0 Å². The molecule has 1 aliphatic rings. The van der Waals surface area contributed by atoms with Gasteiger partial charge in [-0.05, 0) is 58.0 Å². The van der Waals surface area contributed by atoms with E-state index in [1.807, 2.05) is 14.0 Å². The van der Waals surface area contributed by atoms with Gasteiger partial charge in [-0.3, -0.25) is 4.79 Å². The van der Waals surface area contributed by atoms with Gasteiger partial charge in [0, 0.05) is 37.4 Å². The van der Waals surface area contributed by atoms with E-state index in [-0.39, 0.29) is 28.4 Å². The largest absolute Gasteiger partial charge is 0.493 e. The summed E-state index contributed by atoms with van der Waals surface area (Å²) in [4.78, 5) is 30.8. The Balaban J connectivity index is 1.90. The first-order valence-corrected chi connectivity index (χ1v) is 14.9. The Morgan fingerprint density at radius 2 is 1.85 bits per heavy atom. The van der Waals surface area contributed by atoms with Gasteiger partial charge < -0.3 is 24.5 Å². The number of aliphatic hydroxyl groups excluding tert-OH is 1. The number of aromatic nitrogens is 3. The molecule has 3 heterocycles. The molecule has 0 radical (unpaired) electrons. The molecule has 1 atom stereocenters. The van der Waals surface area contributed by atoms with Gasteiger partial charge in [0.2, 0.25) is 10.0 Å². The van der Waals surface area contributed by atoms with Crippen LogP contribution in [0.2, 0.25) is 0 Å². The summed E-state index contributed by atoms with van der Waals surface area (Å²) in [5.74, 6) is -0.355. The highest BCUT2D eigenvalue weighted by Crippen LogP contribution is 2.33. The number of hydrogen-bond donors (Lipinski definition) is 2. The minimum atomic E-state index is -3.81. The average Bonchev–Trinajstić information content (AvgIpc) is 3.20. The molecule has 2 aromatic heterocycles. The average molecular weight is 576 g/mol. The number of carbonyl (C=O) groups is 1. The number of nitrogens with zero attached hydrogens (tertiary/aromatic N) is 4. The molecular formula is C27H37N5O7S. The zero-order chi connectivity index (χ0) is 29.2. The molecule has 1 aliphatic heterocycles. The van der Waals surface area contributed by atoms with Crippen molar-refractivity contribution in [3.05, 3.63) is 45.4 Å². The highest BCUT2D eigenvalue weighted by atomic mass is 32.2. The number of aryl methyl sites for hydroxylation is 2. The number of sulfonamides is 1. The van der Waals surface area contributed by atoms with E-state index in [0.29, 0.717) is 68.2 Å². The highest BCUT2D eigenvalue weighted by Gasteiger charge is 2.31. The maximum Gasteiger partial charge on any atom is 0.339 e. The highest BCUT2D eigenvalue weighted by molar-refractivity contribution is 7.89. The Labute approximate surface area is 233 Å². The summed E-state index contributed by atoms with van der Waals surface area (Å²) in [7, 11) is -1.86. The number of hydrogen-bond acceptors (Lipinski definition) is 9. The van der Waals surface area contributed by atoms with Crippen LogP contribution in [0.25, 0.3) is 16.9 Å². The molecule has 0 amide bonds. The van der Waals surface area contributed by atoms with Gasteiger partial charge in [-0.1, -0.05) is 13.3 Å². The van der Waals surface area contributed by atoms with Crippen LogP contribution in [0.3, 0.4) is 0 Å². The predicted molar refractivity (Wildman–Crippen MR) is 149 cm³/mol. The molecular weight excluding hydrogens is 538 g/mol. The van der Waals surface area contributed by atoms with Crippen LogP contribution < -0.4 is 10.3 Å².